The van der Waals surface area contributed by atoms with Gasteiger partial charge in [-0.15, -0.1) is 0 Å². The van der Waals surface area contributed by atoms with E-state index in [1.807, 2.05) is 11.9 Å². The molecule has 4 nitrogen and oxygen atoms in total. The Morgan fingerprint density at radius 2 is 1.83 bits per heavy atom. The fourth-order valence-electron chi connectivity index (χ4n) is 1.39. The molecule has 0 amide bonds. The average Bonchev–Trinajstić information content (AvgIpc) is 2.28. The van der Waals surface area contributed by atoms with Crippen molar-refractivity contribution in [2.75, 3.05) is 44.0 Å². The Morgan fingerprint density at radius 1 is 1.22 bits per heavy atom. The van der Waals surface area contributed by atoms with Gasteiger partial charge >= 0.3 is 0 Å². The Labute approximate surface area is 108 Å². The van der Waals surface area contributed by atoms with Gasteiger partial charge < -0.3 is 10.2 Å². The topological polar surface area (TPSA) is 49.4 Å². The maximum atomic E-state index is 12.7. The van der Waals surface area contributed by atoms with Crippen molar-refractivity contribution >= 4 is 15.5 Å². The van der Waals surface area contributed by atoms with Gasteiger partial charge in [-0.3, -0.25) is 0 Å². The molecule has 0 spiro atoms. The highest BCUT2D eigenvalue weighted by molar-refractivity contribution is 7.90. The molecule has 0 fully saturated rings. The second-order valence-electron chi connectivity index (χ2n) is 4.37. The summed E-state index contributed by atoms with van der Waals surface area (Å²) in [5.41, 5.74) is 0.855. The lowest BCUT2D eigenvalue weighted by Crippen LogP contribution is -2.29. The molecule has 0 radical (unpaired) electrons. The van der Waals surface area contributed by atoms with Gasteiger partial charge in [-0.1, -0.05) is 0 Å². The van der Waals surface area contributed by atoms with Crippen LogP contribution in [0, 0.1) is 5.82 Å². The molecule has 0 unspecified atom stereocenters. The van der Waals surface area contributed by atoms with Crippen LogP contribution in [-0.4, -0.2) is 52.0 Å². The van der Waals surface area contributed by atoms with Crippen molar-refractivity contribution in [3.8, 4) is 0 Å². The molecule has 102 valence electrons. The zero-order valence-corrected chi connectivity index (χ0v) is 11.5. The second kappa shape index (κ2) is 6.70. The third-order valence-corrected chi connectivity index (χ3v) is 3.43. The van der Waals surface area contributed by atoms with E-state index in [-0.39, 0.29) is 11.6 Å². The second-order valence-corrected chi connectivity index (χ2v) is 6.63. The number of hydrogen-bond donors (Lipinski definition) is 1. The van der Waals surface area contributed by atoms with Crippen LogP contribution in [0.4, 0.5) is 10.1 Å². The van der Waals surface area contributed by atoms with Crippen LogP contribution in [0.15, 0.2) is 24.3 Å². The van der Waals surface area contributed by atoms with Gasteiger partial charge in [-0.05, 0) is 31.3 Å². The van der Waals surface area contributed by atoms with Crippen molar-refractivity contribution in [1.29, 1.82) is 0 Å². The summed E-state index contributed by atoms with van der Waals surface area (Å²) in [6.07, 6.45) is 1.23. The van der Waals surface area contributed by atoms with E-state index in [4.69, 9.17) is 0 Å². The van der Waals surface area contributed by atoms with Crippen LogP contribution in [0.5, 0.6) is 0 Å². The van der Waals surface area contributed by atoms with E-state index in [0.717, 1.165) is 12.2 Å². The number of nitrogens with zero attached hydrogens (tertiary/aromatic N) is 1. The number of rotatable bonds is 7. The molecule has 1 N–H and O–H groups in total. The first-order chi connectivity index (χ1) is 8.37. The van der Waals surface area contributed by atoms with Gasteiger partial charge in [0.1, 0.15) is 15.7 Å². The summed E-state index contributed by atoms with van der Waals surface area (Å²) in [4.78, 5) is 1.94. The molecule has 0 heterocycles. The monoisotopic (exact) mass is 274 g/mol. The van der Waals surface area contributed by atoms with Crippen molar-refractivity contribution in [3.05, 3.63) is 30.1 Å². The molecule has 0 atom stereocenters. The summed E-state index contributed by atoms with van der Waals surface area (Å²) >= 11 is 0. The van der Waals surface area contributed by atoms with Gasteiger partial charge in [0.15, 0.2) is 0 Å². The summed E-state index contributed by atoms with van der Waals surface area (Å²) in [6, 6.07) is 6.14. The van der Waals surface area contributed by atoms with Crippen LogP contribution < -0.4 is 5.32 Å². The van der Waals surface area contributed by atoms with Crippen LogP contribution in [-0.2, 0) is 9.84 Å². The van der Waals surface area contributed by atoms with E-state index in [1.165, 1.54) is 18.4 Å². The highest BCUT2D eigenvalue weighted by Crippen LogP contribution is 2.07. The predicted octanol–water partition coefficient (Wildman–Crippen LogP) is 1.21. The molecule has 0 saturated carbocycles. The Morgan fingerprint density at radius 3 is 2.39 bits per heavy atom. The third-order valence-electron chi connectivity index (χ3n) is 2.51. The van der Waals surface area contributed by atoms with Crippen molar-refractivity contribution in [3.63, 3.8) is 0 Å². The van der Waals surface area contributed by atoms with E-state index in [2.05, 4.69) is 5.32 Å². The van der Waals surface area contributed by atoms with Gasteiger partial charge in [-0.2, -0.15) is 0 Å². The van der Waals surface area contributed by atoms with Crippen molar-refractivity contribution in [1.82, 2.24) is 4.90 Å². The van der Waals surface area contributed by atoms with Crippen LogP contribution in [0.1, 0.15) is 0 Å². The van der Waals surface area contributed by atoms with Crippen LogP contribution in [0.3, 0.4) is 0 Å². The van der Waals surface area contributed by atoms with Crippen molar-refractivity contribution in [2.24, 2.45) is 0 Å². The molecular formula is C12H19FN2O2S. The van der Waals surface area contributed by atoms with Gasteiger partial charge in [0, 0.05) is 31.6 Å². The number of nitrogens with one attached hydrogen (secondary N) is 1. The quantitative estimate of drug-likeness (QED) is 0.812. The Bertz CT molecular complexity index is 459. The molecule has 1 aromatic rings. The molecule has 18 heavy (non-hydrogen) atoms. The number of hydrogen-bond acceptors (Lipinski definition) is 4. The zero-order chi connectivity index (χ0) is 13.6. The molecule has 0 aliphatic heterocycles. The van der Waals surface area contributed by atoms with E-state index in [0.29, 0.717) is 13.1 Å². The minimum Gasteiger partial charge on any atom is -0.384 e. The molecule has 0 bridgehead atoms. The lowest BCUT2D eigenvalue weighted by molar-refractivity contribution is 0.367. The first kappa shape index (κ1) is 14.9. The summed E-state index contributed by atoms with van der Waals surface area (Å²) in [7, 11) is -1.03. The zero-order valence-electron chi connectivity index (χ0n) is 10.7. The number of anilines is 1. The van der Waals surface area contributed by atoms with Crippen LogP contribution in [0.2, 0.25) is 0 Å². The maximum Gasteiger partial charge on any atom is 0.148 e. The molecule has 0 aliphatic carbocycles. The lowest BCUT2D eigenvalue weighted by atomic mass is 10.3. The SMILES string of the molecule is CN(CCNc1ccc(F)cc1)CCS(C)(=O)=O. The first-order valence-electron chi connectivity index (χ1n) is 5.72. The lowest BCUT2D eigenvalue weighted by Gasteiger charge is -2.16. The van der Waals surface area contributed by atoms with Crippen molar-refractivity contribution in [2.45, 2.75) is 0 Å². The van der Waals surface area contributed by atoms with Gasteiger partial charge in [-0.25, -0.2) is 12.8 Å². The largest absolute Gasteiger partial charge is 0.384 e. The third kappa shape index (κ3) is 6.56. The number of benzene rings is 1. The average molecular weight is 274 g/mol. The molecule has 0 aliphatic rings. The number of sulfone groups is 1. The summed E-state index contributed by atoms with van der Waals surface area (Å²) in [5.74, 6) is -0.0918. The summed E-state index contributed by atoms with van der Waals surface area (Å²) in [6.45, 7) is 1.93. The minimum absolute atomic E-state index is 0.167. The van der Waals surface area contributed by atoms with E-state index in [1.54, 1.807) is 12.1 Å². The van der Waals surface area contributed by atoms with E-state index >= 15 is 0 Å². The van der Waals surface area contributed by atoms with Gasteiger partial charge in [0.25, 0.3) is 0 Å². The molecular weight excluding hydrogens is 255 g/mol. The summed E-state index contributed by atoms with van der Waals surface area (Å²) < 4.78 is 34.6. The van der Waals surface area contributed by atoms with E-state index < -0.39 is 9.84 Å². The molecule has 1 aromatic carbocycles. The van der Waals surface area contributed by atoms with Crippen LogP contribution >= 0.6 is 0 Å². The minimum atomic E-state index is -2.90. The number of halogens is 1. The fourth-order valence-corrected chi connectivity index (χ4v) is 2.04. The van der Waals surface area contributed by atoms with Crippen LogP contribution in [0.25, 0.3) is 0 Å². The van der Waals surface area contributed by atoms with Crippen molar-refractivity contribution < 1.29 is 12.8 Å². The molecule has 1 rings (SSSR count). The highest BCUT2D eigenvalue weighted by Gasteiger charge is 2.05. The maximum absolute atomic E-state index is 12.7. The van der Waals surface area contributed by atoms with Gasteiger partial charge in [0.2, 0.25) is 0 Å². The fraction of sp³-hybridized carbons (Fsp3) is 0.500. The summed E-state index contributed by atoms with van der Waals surface area (Å²) in [5, 5.41) is 3.14. The number of likely N-dealkylation sites (N-methyl/N-ethyl adjacent to an activating group) is 1. The molecule has 0 aromatic heterocycles. The van der Waals surface area contributed by atoms with E-state index in [9.17, 15) is 12.8 Å². The first-order valence-corrected chi connectivity index (χ1v) is 7.78. The Balaban J connectivity index is 2.23. The normalized spacial score (nSPS) is 11.8. The standard InChI is InChI=1S/C12H19FN2O2S/c1-15(9-10-18(2,16)17)8-7-14-12-5-3-11(13)4-6-12/h3-6,14H,7-10H2,1-2H3. The molecule has 6 heteroatoms. The highest BCUT2D eigenvalue weighted by atomic mass is 32.2. The predicted molar refractivity (Wildman–Crippen MR) is 72.1 cm³/mol. The Kier molecular flexibility index (Phi) is 5.55. The smallest absolute Gasteiger partial charge is 0.148 e. The Hall–Kier alpha value is -1.14. The molecule has 0 saturated heterocycles. The van der Waals surface area contributed by atoms with Gasteiger partial charge in [0.05, 0.1) is 5.75 Å².